The smallest absolute Gasteiger partial charge is 0.0637 e. The molecule has 0 N–H and O–H groups in total. The van der Waals surface area contributed by atoms with Gasteiger partial charge in [-0.25, -0.2) is 0 Å². The number of hydrogen-bond acceptors (Lipinski definition) is 1. The lowest BCUT2D eigenvalue weighted by atomic mass is 10.2. The molecule has 2 aromatic rings. The Bertz CT molecular complexity index is 433. The molecule has 0 amide bonds. The average molecular weight is 262 g/mol. The summed E-state index contributed by atoms with van der Waals surface area (Å²) < 4.78 is 2.26. The minimum Gasteiger partial charge on any atom is -0.144 e. The van der Waals surface area contributed by atoms with Gasteiger partial charge in [0.05, 0.1) is 5.02 Å². The first-order chi connectivity index (χ1) is 5.70. The second-order valence-corrected chi connectivity index (χ2v) is 4.77. The minimum atomic E-state index is 0.825. The Kier molecular flexibility index (Phi) is 2.15. The van der Waals surface area contributed by atoms with Crippen LogP contribution in [0, 0.1) is 6.92 Å². The van der Waals surface area contributed by atoms with E-state index in [1.807, 2.05) is 6.07 Å². The molecular weight excluding hydrogens is 256 g/mol. The molecule has 1 heterocycles. The number of aryl methyl sites for hydroxylation is 1. The molecule has 0 saturated carbocycles. The fourth-order valence-corrected chi connectivity index (χ4v) is 2.76. The van der Waals surface area contributed by atoms with Crippen molar-refractivity contribution in [3.05, 3.63) is 32.6 Å². The molecule has 1 aromatic heterocycles. The van der Waals surface area contributed by atoms with Gasteiger partial charge in [0, 0.05) is 14.6 Å². The molecule has 0 aliphatic carbocycles. The SMILES string of the molecule is Cc1cc2sccc2c(Cl)c1Br. The first kappa shape index (κ1) is 8.54. The standard InChI is InChI=1S/C9H6BrClS/c1-5-4-7-6(2-3-12-7)9(11)8(5)10/h2-4H,1H3. The highest BCUT2D eigenvalue weighted by atomic mass is 79.9. The van der Waals surface area contributed by atoms with E-state index < -0.39 is 0 Å². The third-order valence-electron chi connectivity index (χ3n) is 1.82. The number of fused-ring (bicyclic) bond motifs is 1. The van der Waals surface area contributed by atoms with Gasteiger partial charge in [-0.05, 0) is 45.9 Å². The van der Waals surface area contributed by atoms with Crippen LogP contribution >= 0.6 is 38.9 Å². The van der Waals surface area contributed by atoms with Crippen LogP contribution in [0.4, 0.5) is 0 Å². The van der Waals surface area contributed by atoms with E-state index in [2.05, 4.69) is 34.3 Å². The third kappa shape index (κ3) is 1.18. The molecule has 0 fully saturated rings. The van der Waals surface area contributed by atoms with Crippen molar-refractivity contribution >= 4 is 49.0 Å². The molecule has 3 heteroatoms. The Morgan fingerprint density at radius 1 is 1.50 bits per heavy atom. The van der Waals surface area contributed by atoms with Crippen molar-refractivity contribution in [2.45, 2.75) is 6.92 Å². The molecular formula is C9H6BrClS. The molecule has 2 rings (SSSR count). The molecule has 0 aliphatic heterocycles. The van der Waals surface area contributed by atoms with Gasteiger partial charge in [-0.2, -0.15) is 0 Å². The van der Waals surface area contributed by atoms with Crippen molar-refractivity contribution in [3.8, 4) is 0 Å². The van der Waals surface area contributed by atoms with Gasteiger partial charge < -0.3 is 0 Å². The molecule has 0 atom stereocenters. The van der Waals surface area contributed by atoms with Crippen LogP contribution in [0.1, 0.15) is 5.56 Å². The summed E-state index contributed by atoms with van der Waals surface area (Å²) in [5, 5.41) is 4.02. The van der Waals surface area contributed by atoms with Gasteiger partial charge in [0.15, 0.2) is 0 Å². The van der Waals surface area contributed by atoms with Crippen LogP contribution in [0.3, 0.4) is 0 Å². The minimum absolute atomic E-state index is 0.825. The summed E-state index contributed by atoms with van der Waals surface area (Å²) >= 11 is 11.3. The van der Waals surface area contributed by atoms with E-state index in [-0.39, 0.29) is 0 Å². The Balaban J connectivity index is 2.94. The molecule has 1 aromatic carbocycles. The van der Waals surface area contributed by atoms with Crippen molar-refractivity contribution in [3.63, 3.8) is 0 Å². The highest BCUT2D eigenvalue weighted by Crippen LogP contribution is 2.36. The molecule has 0 aliphatic rings. The van der Waals surface area contributed by atoms with Crippen LogP contribution in [-0.2, 0) is 0 Å². The van der Waals surface area contributed by atoms with E-state index in [1.165, 1.54) is 10.3 Å². The number of benzene rings is 1. The van der Waals surface area contributed by atoms with Crippen LogP contribution in [0.25, 0.3) is 10.1 Å². The van der Waals surface area contributed by atoms with Crippen LogP contribution in [0.2, 0.25) is 5.02 Å². The Labute approximate surface area is 88.3 Å². The first-order valence-corrected chi connectivity index (χ1v) is 5.57. The highest BCUT2D eigenvalue weighted by Gasteiger charge is 2.06. The molecule has 0 spiro atoms. The lowest BCUT2D eigenvalue weighted by Gasteiger charge is -2.01. The normalized spacial score (nSPS) is 10.9. The van der Waals surface area contributed by atoms with Gasteiger partial charge in [0.1, 0.15) is 0 Å². The zero-order valence-electron chi connectivity index (χ0n) is 6.40. The summed E-state index contributed by atoms with van der Waals surface area (Å²) in [5.41, 5.74) is 1.19. The maximum atomic E-state index is 6.13. The number of halogens is 2. The maximum Gasteiger partial charge on any atom is 0.0637 e. The molecule has 0 nitrogen and oxygen atoms in total. The number of hydrogen-bond donors (Lipinski definition) is 0. The summed E-state index contributed by atoms with van der Waals surface area (Å²) in [6.45, 7) is 2.05. The zero-order chi connectivity index (χ0) is 8.72. The van der Waals surface area contributed by atoms with Gasteiger partial charge in [-0.1, -0.05) is 11.6 Å². The number of rotatable bonds is 0. The molecule has 0 unspecified atom stereocenters. The number of thiophene rings is 1. The van der Waals surface area contributed by atoms with Gasteiger partial charge >= 0.3 is 0 Å². The lowest BCUT2D eigenvalue weighted by molar-refractivity contribution is 1.47. The van der Waals surface area contributed by atoms with E-state index in [0.717, 1.165) is 14.9 Å². The second kappa shape index (κ2) is 3.02. The molecule has 0 radical (unpaired) electrons. The predicted octanol–water partition coefficient (Wildman–Crippen LogP) is 4.63. The van der Waals surface area contributed by atoms with Crippen LogP contribution < -0.4 is 0 Å². The van der Waals surface area contributed by atoms with Crippen molar-refractivity contribution in [1.82, 2.24) is 0 Å². The third-order valence-corrected chi connectivity index (χ3v) is 4.32. The molecule has 0 bridgehead atoms. The summed E-state index contributed by atoms with van der Waals surface area (Å²) in [6, 6.07) is 4.20. The Morgan fingerprint density at radius 3 is 3.00 bits per heavy atom. The Hall–Kier alpha value is -0.0500. The Morgan fingerprint density at radius 2 is 2.25 bits per heavy atom. The van der Waals surface area contributed by atoms with Gasteiger partial charge in [-0.3, -0.25) is 0 Å². The van der Waals surface area contributed by atoms with E-state index in [4.69, 9.17) is 11.6 Å². The van der Waals surface area contributed by atoms with Crippen molar-refractivity contribution in [2.75, 3.05) is 0 Å². The summed E-state index contributed by atoms with van der Waals surface area (Å²) in [5.74, 6) is 0. The first-order valence-electron chi connectivity index (χ1n) is 3.52. The zero-order valence-corrected chi connectivity index (χ0v) is 9.55. The van der Waals surface area contributed by atoms with Crippen molar-refractivity contribution in [1.29, 1.82) is 0 Å². The van der Waals surface area contributed by atoms with Gasteiger partial charge in [0.25, 0.3) is 0 Å². The quantitative estimate of drug-likeness (QED) is 0.649. The lowest BCUT2D eigenvalue weighted by Crippen LogP contribution is -1.76. The van der Waals surface area contributed by atoms with E-state index in [9.17, 15) is 0 Å². The van der Waals surface area contributed by atoms with E-state index in [1.54, 1.807) is 11.3 Å². The molecule has 62 valence electrons. The van der Waals surface area contributed by atoms with E-state index >= 15 is 0 Å². The average Bonchev–Trinajstić information content (AvgIpc) is 2.48. The van der Waals surface area contributed by atoms with Crippen LogP contribution in [0.15, 0.2) is 22.0 Å². The second-order valence-electron chi connectivity index (χ2n) is 2.65. The highest BCUT2D eigenvalue weighted by molar-refractivity contribution is 9.10. The van der Waals surface area contributed by atoms with Crippen molar-refractivity contribution < 1.29 is 0 Å². The summed E-state index contributed by atoms with van der Waals surface area (Å²) in [6.07, 6.45) is 0. The molecule has 0 saturated heterocycles. The van der Waals surface area contributed by atoms with Crippen LogP contribution in [0.5, 0.6) is 0 Å². The van der Waals surface area contributed by atoms with Crippen LogP contribution in [-0.4, -0.2) is 0 Å². The molecule has 12 heavy (non-hydrogen) atoms. The predicted molar refractivity (Wildman–Crippen MR) is 59.3 cm³/mol. The largest absolute Gasteiger partial charge is 0.144 e. The fourth-order valence-electron chi connectivity index (χ4n) is 1.17. The fraction of sp³-hybridized carbons (Fsp3) is 0.111. The summed E-state index contributed by atoms with van der Waals surface area (Å²) in [7, 11) is 0. The maximum absolute atomic E-state index is 6.13. The van der Waals surface area contributed by atoms with E-state index in [0.29, 0.717) is 0 Å². The monoisotopic (exact) mass is 260 g/mol. The van der Waals surface area contributed by atoms with Gasteiger partial charge in [0.2, 0.25) is 0 Å². The summed E-state index contributed by atoms with van der Waals surface area (Å²) in [4.78, 5) is 0. The van der Waals surface area contributed by atoms with Crippen molar-refractivity contribution in [2.24, 2.45) is 0 Å². The topological polar surface area (TPSA) is 0 Å². The van der Waals surface area contributed by atoms with Gasteiger partial charge in [-0.15, -0.1) is 11.3 Å².